The van der Waals surface area contributed by atoms with Crippen LogP contribution in [0.5, 0.6) is 0 Å². The number of nitrogens with zero attached hydrogens (tertiary/aromatic N) is 4. The zero-order valence-corrected chi connectivity index (χ0v) is 19.7. The standard InChI is InChI=1S/C24H30N6O5/c1-2-18-13-23(33)30(17-22(32)26-15-20-6-4-12-35-20)24(27-18)29-9-7-28(8-10-29)16-21(31)25-14-19-5-3-11-34-19/h3-6,11-13H,2,7-10,14-17H2,1H3,(H,25,31)(H,26,32). The number of carbonyl (C=O) groups is 2. The van der Waals surface area contributed by atoms with Gasteiger partial charge in [-0.25, -0.2) is 4.98 Å². The monoisotopic (exact) mass is 482 g/mol. The second kappa shape index (κ2) is 11.5. The van der Waals surface area contributed by atoms with E-state index < -0.39 is 0 Å². The van der Waals surface area contributed by atoms with Crippen molar-refractivity contribution in [3.63, 3.8) is 0 Å². The van der Waals surface area contributed by atoms with Gasteiger partial charge in [-0.2, -0.15) is 0 Å². The van der Waals surface area contributed by atoms with Gasteiger partial charge < -0.3 is 24.4 Å². The van der Waals surface area contributed by atoms with Crippen molar-refractivity contribution in [1.29, 1.82) is 0 Å². The molecule has 2 N–H and O–H groups in total. The molecule has 0 spiro atoms. The molecule has 0 saturated carbocycles. The van der Waals surface area contributed by atoms with Gasteiger partial charge in [0.1, 0.15) is 18.1 Å². The first kappa shape index (κ1) is 24.3. The highest BCUT2D eigenvalue weighted by atomic mass is 16.3. The summed E-state index contributed by atoms with van der Waals surface area (Å²) in [5.41, 5.74) is 0.414. The molecule has 0 atom stereocenters. The number of hydrogen-bond acceptors (Lipinski definition) is 8. The second-order valence-corrected chi connectivity index (χ2v) is 8.30. The molecule has 1 fully saturated rings. The van der Waals surface area contributed by atoms with E-state index in [-0.39, 0.29) is 37.0 Å². The van der Waals surface area contributed by atoms with Crippen LogP contribution in [0.15, 0.2) is 56.5 Å². The molecular weight excluding hydrogens is 452 g/mol. The number of hydrogen-bond donors (Lipinski definition) is 2. The van der Waals surface area contributed by atoms with Crippen molar-refractivity contribution in [3.8, 4) is 0 Å². The van der Waals surface area contributed by atoms with E-state index in [1.165, 1.54) is 10.6 Å². The van der Waals surface area contributed by atoms with E-state index in [1.54, 1.807) is 30.7 Å². The predicted octanol–water partition coefficient (Wildman–Crippen LogP) is 0.747. The van der Waals surface area contributed by atoms with Crippen molar-refractivity contribution in [2.24, 2.45) is 0 Å². The van der Waals surface area contributed by atoms with Gasteiger partial charge in [-0.3, -0.25) is 23.9 Å². The Morgan fingerprint density at radius 1 is 0.943 bits per heavy atom. The van der Waals surface area contributed by atoms with Gasteiger partial charge in [-0.05, 0) is 30.7 Å². The van der Waals surface area contributed by atoms with Crippen LogP contribution in [-0.2, 0) is 35.6 Å². The molecule has 0 radical (unpaired) electrons. The highest BCUT2D eigenvalue weighted by molar-refractivity contribution is 5.78. The van der Waals surface area contributed by atoms with Gasteiger partial charge >= 0.3 is 0 Å². The number of anilines is 1. The molecule has 0 aromatic carbocycles. The lowest BCUT2D eigenvalue weighted by molar-refractivity contribution is -0.123. The maximum absolute atomic E-state index is 12.8. The third-order valence-electron chi connectivity index (χ3n) is 5.81. The van der Waals surface area contributed by atoms with Crippen LogP contribution in [0.2, 0.25) is 0 Å². The molecule has 0 aliphatic carbocycles. The lowest BCUT2D eigenvalue weighted by Gasteiger charge is -2.35. The summed E-state index contributed by atoms with van der Waals surface area (Å²) in [5.74, 6) is 1.43. The van der Waals surface area contributed by atoms with E-state index in [9.17, 15) is 14.4 Å². The Balaban J connectivity index is 1.36. The van der Waals surface area contributed by atoms with E-state index >= 15 is 0 Å². The molecule has 1 aliphatic rings. The first-order valence-electron chi connectivity index (χ1n) is 11.7. The van der Waals surface area contributed by atoms with Crippen molar-refractivity contribution >= 4 is 17.8 Å². The molecule has 3 aromatic rings. The van der Waals surface area contributed by atoms with Gasteiger partial charge in [0.05, 0.1) is 32.2 Å². The maximum atomic E-state index is 12.8. The SMILES string of the molecule is CCc1cc(=O)n(CC(=O)NCc2ccco2)c(N2CCN(CC(=O)NCc3ccco3)CC2)n1. The third kappa shape index (κ3) is 6.60. The van der Waals surface area contributed by atoms with E-state index in [2.05, 4.69) is 20.5 Å². The molecule has 4 rings (SSSR count). The van der Waals surface area contributed by atoms with Gasteiger partial charge in [-0.15, -0.1) is 0 Å². The molecular formula is C24H30N6O5. The zero-order chi connectivity index (χ0) is 24.6. The summed E-state index contributed by atoms with van der Waals surface area (Å²) < 4.78 is 11.9. The number of furan rings is 2. The first-order valence-corrected chi connectivity index (χ1v) is 11.7. The van der Waals surface area contributed by atoms with Crippen molar-refractivity contribution in [2.75, 3.05) is 37.6 Å². The quantitative estimate of drug-likeness (QED) is 0.434. The summed E-state index contributed by atoms with van der Waals surface area (Å²) in [6.07, 6.45) is 3.73. The summed E-state index contributed by atoms with van der Waals surface area (Å²) in [7, 11) is 0. The Hall–Kier alpha value is -3.86. The van der Waals surface area contributed by atoms with Crippen LogP contribution in [0.3, 0.4) is 0 Å². The highest BCUT2D eigenvalue weighted by Gasteiger charge is 2.24. The van der Waals surface area contributed by atoms with Gasteiger partial charge in [-0.1, -0.05) is 6.92 Å². The van der Waals surface area contributed by atoms with Crippen LogP contribution in [0.25, 0.3) is 0 Å². The van der Waals surface area contributed by atoms with Crippen molar-refractivity contribution < 1.29 is 18.4 Å². The molecule has 1 saturated heterocycles. The number of rotatable bonds is 10. The summed E-state index contributed by atoms with van der Waals surface area (Å²) in [5, 5.41) is 5.63. The molecule has 11 heteroatoms. The molecule has 0 unspecified atom stereocenters. The smallest absolute Gasteiger partial charge is 0.255 e. The average molecular weight is 483 g/mol. The van der Waals surface area contributed by atoms with Crippen LogP contribution in [0.4, 0.5) is 5.95 Å². The van der Waals surface area contributed by atoms with E-state index in [4.69, 9.17) is 8.83 Å². The molecule has 35 heavy (non-hydrogen) atoms. The lowest BCUT2D eigenvalue weighted by Crippen LogP contribution is -2.51. The minimum absolute atomic E-state index is 0.0777. The molecule has 4 heterocycles. The van der Waals surface area contributed by atoms with Crippen molar-refractivity contribution in [2.45, 2.75) is 33.0 Å². The Morgan fingerprint density at radius 2 is 1.54 bits per heavy atom. The zero-order valence-electron chi connectivity index (χ0n) is 19.7. The van der Waals surface area contributed by atoms with E-state index in [1.807, 2.05) is 17.9 Å². The predicted molar refractivity (Wildman–Crippen MR) is 128 cm³/mol. The fourth-order valence-electron chi connectivity index (χ4n) is 3.87. The summed E-state index contributed by atoms with van der Waals surface area (Å²) in [4.78, 5) is 46.4. The van der Waals surface area contributed by atoms with Crippen molar-refractivity contribution in [1.82, 2.24) is 25.1 Å². The number of carbonyl (C=O) groups excluding carboxylic acids is 2. The topological polar surface area (TPSA) is 126 Å². The summed E-state index contributed by atoms with van der Waals surface area (Å²) >= 11 is 0. The molecule has 11 nitrogen and oxygen atoms in total. The molecule has 186 valence electrons. The van der Waals surface area contributed by atoms with Gasteiger partial charge in [0.15, 0.2) is 0 Å². The highest BCUT2D eigenvalue weighted by Crippen LogP contribution is 2.14. The summed E-state index contributed by atoms with van der Waals surface area (Å²) in [6.45, 7) is 5.10. The Kier molecular flexibility index (Phi) is 7.99. The number of aryl methyl sites for hydroxylation is 1. The molecule has 2 amide bonds. The fourth-order valence-corrected chi connectivity index (χ4v) is 3.87. The van der Waals surface area contributed by atoms with Gasteiger partial charge in [0, 0.05) is 37.9 Å². The minimum atomic E-state index is -0.303. The van der Waals surface area contributed by atoms with E-state index in [0.717, 1.165) is 0 Å². The average Bonchev–Trinajstić information content (AvgIpc) is 3.57. The molecule has 1 aliphatic heterocycles. The largest absolute Gasteiger partial charge is 0.467 e. The van der Waals surface area contributed by atoms with Crippen LogP contribution in [-0.4, -0.2) is 59.0 Å². The molecule has 3 aromatic heterocycles. The Bertz CT molecular complexity index is 1160. The normalized spacial score (nSPS) is 14.1. The number of aromatic nitrogens is 2. The van der Waals surface area contributed by atoms with Crippen LogP contribution in [0.1, 0.15) is 24.1 Å². The fraction of sp³-hybridized carbons (Fsp3) is 0.417. The van der Waals surface area contributed by atoms with E-state index in [0.29, 0.717) is 62.3 Å². The number of nitrogens with one attached hydrogen (secondary N) is 2. The van der Waals surface area contributed by atoms with Crippen LogP contribution < -0.4 is 21.1 Å². The van der Waals surface area contributed by atoms with Gasteiger partial charge in [0.2, 0.25) is 17.8 Å². The van der Waals surface area contributed by atoms with Crippen LogP contribution in [0, 0.1) is 0 Å². The van der Waals surface area contributed by atoms with Gasteiger partial charge in [0.25, 0.3) is 5.56 Å². The van der Waals surface area contributed by atoms with Crippen molar-refractivity contribution in [3.05, 3.63) is 70.4 Å². The molecule has 0 bridgehead atoms. The number of piperazine rings is 1. The maximum Gasteiger partial charge on any atom is 0.255 e. The lowest BCUT2D eigenvalue weighted by atomic mass is 10.3. The summed E-state index contributed by atoms with van der Waals surface area (Å²) in [6, 6.07) is 8.59. The Labute approximate surface area is 202 Å². The Morgan fingerprint density at radius 3 is 2.09 bits per heavy atom. The first-order chi connectivity index (χ1) is 17.0. The van der Waals surface area contributed by atoms with Crippen LogP contribution >= 0.6 is 0 Å². The number of amides is 2. The third-order valence-corrected chi connectivity index (χ3v) is 5.81. The second-order valence-electron chi connectivity index (χ2n) is 8.30. The minimum Gasteiger partial charge on any atom is -0.467 e.